The molecular weight excluding hydrogens is 312 g/mol. The van der Waals surface area contributed by atoms with Crippen LogP contribution in [0.4, 0.5) is 0 Å². The Labute approximate surface area is 166 Å². The van der Waals surface area contributed by atoms with Gasteiger partial charge in [-0.15, -0.1) is 0 Å². The van der Waals surface area contributed by atoms with E-state index in [4.69, 9.17) is 0 Å². The molecule has 0 aromatic carbocycles. The summed E-state index contributed by atoms with van der Waals surface area (Å²) in [6, 6.07) is 0. The van der Waals surface area contributed by atoms with E-state index in [1.807, 2.05) is 0 Å². The summed E-state index contributed by atoms with van der Waals surface area (Å²) in [6.07, 6.45) is 19.7. The fraction of sp³-hybridized carbons (Fsp3) is 0.769. The van der Waals surface area contributed by atoms with Crippen molar-refractivity contribution in [1.82, 2.24) is 0 Å². The van der Waals surface area contributed by atoms with Crippen LogP contribution in [0.1, 0.15) is 113 Å². The molecule has 0 N–H and O–H groups in total. The third-order valence-electron chi connectivity index (χ3n) is 5.14. The standard InChI is InChI=1S/C26H48/c1-21(2)17-18-26(16-12-14-25(8)20-23(5)6)15-11-9-10-13-24(7)19-22(3)4/h17,19-20,24-26H,9-16,18H2,1-8H3. The fourth-order valence-electron chi connectivity index (χ4n) is 3.89. The normalized spacial score (nSPS) is 14.3. The molecule has 0 aromatic heterocycles. The van der Waals surface area contributed by atoms with Crippen LogP contribution in [-0.2, 0) is 0 Å². The lowest BCUT2D eigenvalue weighted by Crippen LogP contribution is -2.02. The minimum Gasteiger partial charge on any atom is -0.0856 e. The van der Waals surface area contributed by atoms with Gasteiger partial charge >= 0.3 is 0 Å². The summed E-state index contributed by atoms with van der Waals surface area (Å²) < 4.78 is 0. The summed E-state index contributed by atoms with van der Waals surface area (Å²) in [6.45, 7) is 18.0. The zero-order chi connectivity index (χ0) is 19.9. The van der Waals surface area contributed by atoms with E-state index in [9.17, 15) is 0 Å². The van der Waals surface area contributed by atoms with Gasteiger partial charge in [0.15, 0.2) is 0 Å². The quantitative estimate of drug-likeness (QED) is 0.214. The lowest BCUT2D eigenvalue weighted by Gasteiger charge is -2.17. The highest BCUT2D eigenvalue weighted by atomic mass is 14.1. The first-order valence-electron chi connectivity index (χ1n) is 11.1. The molecule has 3 unspecified atom stereocenters. The van der Waals surface area contributed by atoms with Crippen molar-refractivity contribution in [3.8, 4) is 0 Å². The van der Waals surface area contributed by atoms with Crippen LogP contribution < -0.4 is 0 Å². The highest BCUT2D eigenvalue weighted by molar-refractivity contribution is 4.97. The Morgan fingerprint density at radius 2 is 1.04 bits per heavy atom. The SMILES string of the molecule is CC(C)=CCC(CCCCCC(C)C=C(C)C)CCCC(C)C=C(C)C. The molecular formula is C26H48. The molecule has 0 heterocycles. The largest absolute Gasteiger partial charge is 0.0856 e. The molecule has 3 atom stereocenters. The maximum atomic E-state index is 2.46. The molecule has 0 radical (unpaired) electrons. The number of hydrogen-bond acceptors (Lipinski definition) is 0. The van der Waals surface area contributed by atoms with Crippen molar-refractivity contribution < 1.29 is 0 Å². The van der Waals surface area contributed by atoms with Crippen molar-refractivity contribution in [2.75, 3.05) is 0 Å². The molecule has 0 heteroatoms. The van der Waals surface area contributed by atoms with Gasteiger partial charge in [0, 0.05) is 0 Å². The van der Waals surface area contributed by atoms with Gasteiger partial charge in [-0.05, 0) is 78.6 Å². The smallest absolute Gasteiger partial charge is 0.0259 e. The fourth-order valence-corrected chi connectivity index (χ4v) is 3.89. The summed E-state index contributed by atoms with van der Waals surface area (Å²) in [7, 11) is 0. The topological polar surface area (TPSA) is 0 Å². The van der Waals surface area contributed by atoms with Crippen molar-refractivity contribution in [2.45, 2.75) is 113 Å². The van der Waals surface area contributed by atoms with Crippen LogP contribution >= 0.6 is 0 Å². The minimum atomic E-state index is 0.737. The minimum absolute atomic E-state index is 0.737. The number of hydrogen-bond donors (Lipinski definition) is 0. The first-order valence-corrected chi connectivity index (χ1v) is 11.1. The van der Waals surface area contributed by atoms with E-state index in [1.54, 1.807) is 0 Å². The maximum absolute atomic E-state index is 2.46. The highest BCUT2D eigenvalue weighted by Gasteiger charge is 2.09. The molecule has 152 valence electrons. The van der Waals surface area contributed by atoms with Crippen molar-refractivity contribution in [1.29, 1.82) is 0 Å². The molecule has 0 bridgehead atoms. The molecule has 0 spiro atoms. The molecule has 0 aromatic rings. The predicted molar refractivity (Wildman–Crippen MR) is 122 cm³/mol. The van der Waals surface area contributed by atoms with Gasteiger partial charge in [-0.1, -0.05) is 87.3 Å². The molecule has 0 aliphatic heterocycles. The number of allylic oxidation sites excluding steroid dienone is 6. The van der Waals surface area contributed by atoms with Crippen LogP contribution in [0.15, 0.2) is 34.9 Å². The van der Waals surface area contributed by atoms with Gasteiger partial charge < -0.3 is 0 Å². The Morgan fingerprint density at radius 1 is 0.577 bits per heavy atom. The first-order chi connectivity index (χ1) is 12.2. The van der Waals surface area contributed by atoms with Gasteiger partial charge in [0.1, 0.15) is 0 Å². The Bertz CT molecular complexity index is 423. The molecule has 0 aliphatic rings. The van der Waals surface area contributed by atoms with Gasteiger partial charge in [0.2, 0.25) is 0 Å². The van der Waals surface area contributed by atoms with Gasteiger partial charge in [-0.25, -0.2) is 0 Å². The molecule has 0 rings (SSSR count). The summed E-state index contributed by atoms with van der Waals surface area (Å²) in [5.41, 5.74) is 4.39. The van der Waals surface area contributed by atoms with Crippen LogP contribution in [-0.4, -0.2) is 0 Å². The van der Waals surface area contributed by atoms with Crippen LogP contribution in [0.3, 0.4) is 0 Å². The Balaban J connectivity index is 4.16. The Hall–Kier alpha value is -0.780. The van der Waals surface area contributed by atoms with Crippen LogP contribution in [0, 0.1) is 17.8 Å². The summed E-state index contributed by atoms with van der Waals surface area (Å²) >= 11 is 0. The van der Waals surface area contributed by atoms with Gasteiger partial charge in [0.05, 0.1) is 0 Å². The van der Waals surface area contributed by atoms with Crippen molar-refractivity contribution in [3.63, 3.8) is 0 Å². The van der Waals surface area contributed by atoms with Crippen LogP contribution in [0.25, 0.3) is 0 Å². The molecule has 0 saturated carbocycles. The second-order valence-electron chi connectivity index (χ2n) is 9.39. The van der Waals surface area contributed by atoms with E-state index >= 15 is 0 Å². The average Bonchev–Trinajstić information content (AvgIpc) is 2.49. The van der Waals surface area contributed by atoms with E-state index in [0.717, 1.165) is 17.8 Å². The van der Waals surface area contributed by atoms with Crippen LogP contribution in [0.2, 0.25) is 0 Å². The van der Waals surface area contributed by atoms with E-state index in [2.05, 4.69) is 73.6 Å². The summed E-state index contributed by atoms with van der Waals surface area (Å²) in [5.74, 6) is 2.37. The van der Waals surface area contributed by atoms with Gasteiger partial charge in [0.25, 0.3) is 0 Å². The maximum Gasteiger partial charge on any atom is -0.0259 e. The van der Waals surface area contributed by atoms with E-state index in [0.29, 0.717) is 0 Å². The second-order valence-corrected chi connectivity index (χ2v) is 9.39. The Kier molecular flexibility index (Phi) is 14.8. The lowest BCUT2D eigenvalue weighted by molar-refractivity contribution is 0.398. The third-order valence-corrected chi connectivity index (χ3v) is 5.14. The zero-order valence-corrected chi connectivity index (χ0v) is 19.3. The molecule has 0 fully saturated rings. The van der Waals surface area contributed by atoms with E-state index in [-0.39, 0.29) is 0 Å². The van der Waals surface area contributed by atoms with Crippen molar-refractivity contribution >= 4 is 0 Å². The second kappa shape index (κ2) is 15.3. The average molecular weight is 361 g/mol. The first kappa shape index (κ1) is 25.2. The summed E-state index contributed by atoms with van der Waals surface area (Å²) in [4.78, 5) is 0. The molecule has 0 saturated heterocycles. The third kappa shape index (κ3) is 16.7. The molecule has 0 nitrogen and oxygen atoms in total. The lowest BCUT2D eigenvalue weighted by atomic mass is 9.89. The summed E-state index contributed by atoms with van der Waals surface area (Å²) in [5, 5.41) is 0. The number of rotatable bonds is 14. The van der Waals surface area contributed by atoms with Crippen molar-refractivity contribution in [2.24, 2.45) is 17.8 Å². The number of unbranched alkanes of at least 4 members (excludes halogenated alkanes) is 2. The monoisotopic (exact) mass is 360 g/mol. The van der Waals surface area contributed by atoms with Crippen LogP contribution in [0.5, 0.6) is 0 Å². The predicted octanol–water partition coefficient (Wildman–Crippen LogP) is 9.28. The zero-order valence-electron chi connectivity index (χ0n) is 19.3. The van der Waals surface area contributed by atoms with Gasteiger partial charge in [-0.3, -0.25) is 0 Å². The molecule has 26 heavy (non-hydrogen) atoms. The molecule has 0 aliphatic carbocycles. The molecule has 0 amide bonds. The van der Waals surface area contributed by atoms with E-state index in [1.165, 1.54) is 74.5 Å². The van der Waals surface area contributed by atoms with E-state index < -0.39 is 0 Å². The van der Waals surface area contributed by atoms with Crippen molar-refractivity contribution in [3.05, 3.63) is 34.9 Å². The van der Waals surface area contributed by atoms with Gasteiger partial charge in [-0.2, -0.15) is 0 Å². The Morgan fingerprint density at radius 3 is 1.54 bits per heavy atom. The highest BCUT2D eigenvalue weighted by Crippen LogP contribution is 2.24.